The predicted octanol–water partition coefficient (Wildman–Crippen LogP) is 2.37. The average molecular weight is 329 g/mol. The summed E-state index contributed by atoms with van der Waals surface area (Å²) in [4.78, 5) is 4.11. The standard InChI is InChI=1S/C15H15N5O2S/c1-21-13-6-12(7-14(8-13)22-2)20-15(17-18-19-20)23-10-11-4-3-5-16-9-11/h3-9H,10H2,1-2H3. The molecular weight excluding hydrogens is 314 g/mol. The largest absolute Gasteiger partial charge is 0.497 e. The van der Waals surface area contributed by atoms with Gasteiger partial charge in [-0.3, -0.25) is 4.98 Å². The summed E-state index contributed by atoms with van der Waals surface area (Å²) >= 11 is 1.53. The number of pyridine rings is 1. The van der Waals surface area contributed by atoms with Crippen molar-refractivity contribution in [2.24, 2.45) is 0 Å². The zero-order valence-corrected chi connectivity index (χ0v) is 13.5. The van der Waals surface area contributed by atoms with E-state index in [-0.39, 0.29) is 0 Å². The van der Waals surface area contributed by atoms with Gasteiger partial charge < -0.3 is 9.47 Å². The Kier molecular flexibility index (Phi) is 4.72. The number of nitrogens with zero attached hydrogens (tertiary/aromatic N) is 5. The fourth-order valence-corrected chi connectivity index (χ4v) is 2.80. The van der Waals surface area contributed by atoms with E-state index in [4.69, 9.17) is 9.47 Å². The van der Waals surface area contributed by atoms with Gasteiger partial charge in [0.1, 0.15) is 11.5 Å². The third-order valence-electron chi connectivity index (χ3n) is 3.11. The minimum Gasteiger partial charge on any atom is -0.497 e. The number of methoxy groups -OCH3 is 2. The molecule has 0 bridgehead atoms. The van der Waals surface area contributed by atoms with Crippen LogP contribution in [0.5, 0.6) is 11.5 Å². The highest BCUT2D eigenvalue weighted by molar-refractivity contribution is 7.98. The lowest BCUT2D eigenvalue weighted by Crippen LogP contribution is -2.01. The van der Waals surface area contributed by atoms with Crippen molar-refractivity contribution in [2.45, 2.75) is 10.9 Å². The van der Waals surface area contributed by atoms with E-state index < -0.39 is 0 Å². The fraction of sp³-hybridized carbons (Fsp3) is 0.200. The van der Waals surface area contributed by atoms with Crippen LogP contribution in [0.25, 0.3) is 5.69 Å². The summed E-state index contributed by atoms with van der Waals surface area (Å²) in [6.07, 6.45) is 3.58. The number of tetrazole rings is 1. The number of thioether (sulfide) groups is 1. The minimum absolute atomic E-state index is 0.679. The quantitative estimate of drug-likeness (QED) is 0.643. The Bertz CT molecular complexity index is 756. The summed E-state index contributed by atoms with van der Waals surface area (Å²) in [5, 5.41) is 12.6. The van der Waals surface area contributed by atoms with Crippen LogP contribution >= 0.6 is 11.8 Å². The summed E-state index contributed by atoms with van der Waals surface area (Å²) in [6, 6.07) is 9.44. The first kappa shape index (κ1) is 15.3. The van der Waals surface area contributed by atoms with E-state index in [1.54, 1.807) is 31.2 Å². The first-order valence-electron chi connectivity index (χ1n) is 6.83. The van der Waals surface area contributed by atoms with Crippen LogP contribution in [0.4, 0.5) is 0 Å². The smallest absolute Gasteiger partial charge is 0.214 e. The lowest BCUT2D eigenvalue weighted by molar-refractivity contribution is 0.393. The Morgan fingerprint density at radius 3 is 2.57 bits per heavy atom. The molecule has 0 unspecified atom stereocenters. The maximum atomic E-state index is 5.29. The molecule has 0 amide bonds. The van der Waals surface area contributed by atoms with Crippen LogP contribution in [-0.2, 0) is 5.75 Å². The van der Waals surface area contributed by atoms with E-state index >= 15 is 0 Å². The van der Waals surface area contributed by atoms with E-state index in [1.807, 2.05) is 30.5 Å². The van der Waals surface area contributed by atoms with Gasteiger partial charge in [-0.15, -0.1) is 5.10 Å². The molecule has 2 heterocycles. The van der Waals surface area contributed by atoms with E-state index in [1.165, 1.54) is 11.8 Å². The third kappa shape index (κ3) is 3.59. The molecule has 0 fully saturated rings. The molecule has 7 nitrogen and oxygen atoms in total. The van der Waals surface area contributed by atoms with Crippen molar-refractivity contribution >= 4 is 11.8 Å². The number of hydrogen-bond donors (Lipinski definition) is 0. The van der Waals surface area contributed by atoms with Crippen LogP contribution in [-0.4, -0.2) is 39.4 Å². The topological polar surface area (TPSA) is 75.0 Å². The molecule has 0 saturated carbocycles. The molecule has 0 saturated heterocycles. The van der Waals surface area contributed by atoms with Gasteiger partial charge in [-0.05, 0) is 22.1 Å². The molecule has 0 atom stereocenters. The van der Waals surface area contributed by atoms with Gasteiger partial charge in [0.2, 0.25) is 5.16 Å². The summed E-state index contributed by atoms with van der Waals surface area (Å²) < 4.78 is 12.2. The average Bonchev–Trinajstić information content (AvgIpc) is 3.09. The molecule has 0 aliphatic rings. The molecule has 8 heteroatoms. The summed E-state index contributed by atoms with van der Waals surface area (Å²) in [7, 11) is 3.21. The van der Waals surface area contributed by atoms with Gasteiger partial charge in [0, 0.05) is 36.3 Å². The van der Waals surface area contributed by atoms with Crippen LogP contribution in [0.2, 0.25) is 0 Å². The van der Waals surface area contributed by atoms with Gasteiger partial charge in [0.05, 0.1) is 19.9 Å². The Labute approximate surface area is 137 Å². The highest BCUT2D eigenvalue weighted by Gasteiger charge is 2.12. The SMILES string of the molecule is COc1cc(OC)cc(-n2nnnc2SCc2cccnc2)c1. The third-order valence-corrected chi connectivity index (χ3v) is 4.10. The van der Waals surface area contributed by atoms with E-state index in [2.05, 4.69) is 20.5 Å². The minimum atomic E-state index is 0.679. The lowest BCUT2D eigenvalue weighted by Gasteiger charge is -2.09. The Hall–Kier alpha value is -2.61. The molecule has 3 aromatic rings. The second-order valence-corrected chi connectivity index (χ2v) is 5.54. The Morgan fingerprint density at radius 1 is 1.13 bits per heavy atom. The molecule has 2 aromatic heterocycles. The Morgan fingerprint density at radius 2 is 1.91 bits per heavy atom. The molecule has 23 heavy (non-hydrogen) atoms. The van der Waals surface area contributed by atoms with Gasteiger partial charge in [-0.25, -0.2) is 0 Å². The van der Waals surface area contributed by atoms with Crippen LogP contribution in [0.15, 0.2) is 47.9 Å². The summed E-state index contributed by atoms with van der Waals surface area (Å²) in [5.74, 6) is 2.09. The summed E-state index contributed by atoms with van der Waals surface area (Å²) in [6.45, 7) is 0. The highest BCUT2D eigenvalue weighted by atomic mass is 32.2. The van der Waals surface area contributed by atoms with E-state index in [9.17, 15) is 0 Å². The van der Waals surface area contributed by atoms with Crippen molar-refractivity contribution in [1.29, 1.82) is 0 Å². The molecule has 0 radical (unpaired) electrons. The second-order valence-electron chi connectivity index (χ2n) is 4.59. The fourth-order valence-electron chi connectivity index (χ4n) is 1.98. The van der Waals surface area contributed by atoms with Crippen molar-refractivity contribution in [3.05, 3.63) is 48.3 Å². The maximum Gasteiger partial charge on any atom is 0.214 e. The van der Waals surface area contributed by atoms with Crippen molar-refractivity contribution in [3.63, 3.8) is 0 Å². The highest BCUT2D eigenvalue weighted by Crippen LogP contribution is 2.27. The number of aromatic nitrogens is 5. The second kappa shape index (κ2) is 7.10. The van der Waals surface area contributed by atoms with E-state index in [0.29, 0.717) is 16.7 Å². The maximum absolute atomic E-state index is 5.29. The number of benzene rings is 1. The monoisotopic (exact) mass is 329 g/mol. The number of rotatable bonds is 6. The molecule has 0 aliphatic carbocycles. The normalized spacial score (nSPS) is 10.5. The van der Waals surface area contributed by atoms with Gasteiger partial charge in [-0.2, -0.15) is 4.68 Å². The lowest BCUT2D eigenvalue weighted by atomic mass is 10.3. The van der Waals surface area contributed by atoms with Crippen LogP contribution in [0, 0.1) is 0 Å². The molecule has 1 aromatic carbocycles. The molecule has 3 rings (SSSR count). The van der Waals surface area contributed by atoms with Crippen LogP contribution in [0.3, 0.4) is 0 Å². The first-order valence-corrected chi connectivity index (χ1v) is 7.82. The zero-order chi connectivity index (χ0) is 16.1. The first-order chi connectivity index (χ1) is 11.3. The van der Waals surface area contributed by atoms with Gasteiger partial charge >= 0.3 is 0 Å². The zero-order valence-electron chi connectivity index (χ0n) is 12.7. The summed E-state index contributed by atoms with van der Waals surface area (Å²) in [5.41, 5.74) is 1.88. The van der Waals surface area contributed by atoms with Crippen molar-refractivity contribution < 1.29 is 9.47 Å². The van der Waals surface area contributed by atoms with Gasteiger partial charge in [0.15, 0.2) is 0 Å². The molecule has 118 valence electrons. The van der Waals surface area contributed by atoms with Gasteiger partial charge in [0.25, 0.3) is 0 Å². The van der Waals surface area contributed by atoms with Crippen LogP contribution in [0.1, 0.15) is 5.56 Å². The Balaban J connectivity index is 1.86. The molecular formula is C15H15N5O2S. The predicted molar refractivity (Wildman–Crippen MR) is 86.1 cm³/mol. The van der Waals surface area contributed by atoms with Crippen molar-refractivity contribution in [2.75, 3.05) is 14.2 Å². The molecule has 0 spiro atoms. The van der Waals surface area contributed by atoms with E-state index in [0.717, 1.165) is 17.0 Å². The van der Waals surface area contributed by atoms with Crippen molar-refractivity contribution in [3.8, 4) is 17.2 Å². The van der Waals surface area contributed by atoms with Gasteiger partial charge in [-0.1, -0.05) is 17.8 Å². The van der Waals surface area contributed by atoms with Crippen LogP contribution < -0.4 is 9.47 Å². The number of hydrogen-bond acceptors (Lipinski definition) is 7. The molecule has 0 aliphatic heterocycles. The van der Waals surface area contributed by atoms with Crippen molar-refractivity contribution in [1.82, 2.24) is 25.2 Å². The number of ether oxygens (including phenoxy) is 2. The molecule has 0 N–H and O–H groups in total.